The van der Waals surface area contributed by atoms with Gasteiger partial charge in [0.15, 0.2) is 5.78 Å². The number of carbonyl (C=O) groups excluding carboxylic acids is 1. The van der Waals surface area contributed by atoms with Crippen molar-refractivity contribution in [3.63, 3.8) is 0 Å². The first kappa shape index (κ1) is 19.6. The lowest BCUT2D eigenvalue weighted by molar-refractivity contribution is 0.00578. The minimum Gasteiger partial charge on any atom is -0.399 e. The molecule has 4 heteroatoms. The van der Waals surface area contributed by atoms with E-state index < -0.39 is 7.12 Å². The molecular formula is C22H33BO3. The van der Waals surface area contributed by atoms with Crippen molar-refractivity contribution in [3.8, 4) is 0 Å². The maximum Gasteiger partial charge on any atom is 0.494 e. The number of hydrogen-bond donors (Lipinski definition) is 0. The van der Waals surface area contributed by atoms with Crippen LogP contribution >= 0.6 is 0 Å². The molecule has 1 saturated carbocycles. The van der Waals surface area contributed by atoms with Gasteiger partial charge in [0, 0.05) is 12.0 Å². The van der Waals surface area contributed by atoms with Crippen LogP contribution in [0.15, 0.2) is 18.2 Å². The van der Waals surface area contributed by atoms with Crippen LogP contribution in [-0.2, 0) is 14.7 Å². The van der Waals surface area contributed by atoms with Crippen molar-refractivity contribution in [2.24, 2.45) is 5.41 Å². The number of rotatable bonds is 4. The van der Waals surface area contributed by atoms with Gasteiger partial charge < -0.3 is 9.31 Å². The topological polar surface area (TPSA) is 35.5 Å². The zero-order valence-corrected chi connectivity index (χ0v) is 17.7. The Kier molecular flexibility index (Phi) is 4.48. The van der Waals surface area contributed by atoms with Gasteiger partial charge in [0.05, 0.1) is 11.2 Å². The maximum absolute atomic E-state index is 12.9. The molecule has 0 unspecified atom stereocenters. The van der Waals surface area contributed by atoms with E-state index in [1.165, 1.54) is 18.4 Å². The monoisotopic (exact) mass is 356 g/mol. The summed E-state index contributed by atoms with van der Waals surface area (Å²) in [6.07, 6.45) is 2.88. The Morgan fingerprint density at radius 3 is 2.00 bits per heavy atom. The smallest absolute Gasteiger partial charge is 0.399 e. The van der Waals surface area contributed by atoms with Crippen molar-refractivity contribution in [1.82, 2.24) is 0 Å². The van der Waals surface area contributed by atoms with Crippen LogP contribution in [0.2, 0.25) is 0 Å². The van der Waals surface area contributed by atoms with E-state index in [9.17, 15) is 4.79 Å². The van der Waals surface area contributed by atoms with E-state index in [0.717, 1.165) is 11.0 Å². The van der Waals surface area contributed by atoms with Crippen LogP contribution in [0.3, 0.4) is 0 Å². The molecule has 0 bridgehead atoms. The summed E-state index contributed by atoms with van der Waals surface area (Å²) in [6, 6.07) is 6.25. The molecule has 1 aliphatic carbocycles. The van der Waals surface area contributed by atoms with Gasteiger partial charge in [0.25, 0.3) is 0 Å². The van der Waals surface area contributed by atoms with Crippen LogP contribution in [-0.4, -0.2) is 24.1 Å². The first-order valence-electron chi connectivity index (χ1n) is 9.77. The molecule has 0 amide bonds. The number of Topliss-reactive ketones (excluding diaryl/α,β-unsaturated/α-hetero) is 1. The van der Waals surface area contributed by atoms with Crippen LogP contribution < -0.4 is 5.46 Å². The van der Waals surface area contributed by atoms with E-state index in [4.69, 9.17) is 9.31 Å². The van der Waals surface area contributed by atoms with Gasteiger partial charge in [0.2, 0.25) is 0 Å². The third-order valence-electron chi connectivity index (χ3n) is 6.19. The van der Waals surface area contributed by atoms with E-state index in [1.807, 2.05) is 6.07 Å². The van der Waals surface area contributed by atoms with Gasteiger partial charge in [-0.25, -0.2) is 0 Å². The highest BCUT2D eigenvalue weighted by Gasteiger charge is 2.52. The molecule has 142 valence electrons. The summed E-state index contributed by atoms with van der Waals surface area (Å²) in [5, 5.41) is 0. The number of carbonyl (C=O) groups is 1. The number of benzene rings is 1. The van der Waals surface area contributed by atoms with Gasteiger partial charge in [-0.15, -0.1) is 0 Å². The fraction of sp³-hybridized carbons (Fsp3) is 0.682. The van der Waals surface area contributed by atoms with Crippen molar-refractivity contribution in [2.75, 3.05) is 0 Å². The van der Waals surface area contributed by atoms with E-state index in [-0.39, 0.29) is 27.8 Å². The minimum atomic E-state index is -0.427. The molecule has 1 aromatic rings. The van der Waals surface area contributed by atoms with Gasteiger partial charge in [-0.05, 0) is 68.5 Å². The molecule has 0 aromatic heterocycles. The highest BCUT2D eigenvalue weighted by Crippen LogP contribution is 2.48. The second-order valence-corrected chi connectivity index (χ2v) is 10.7. The summed E-state index contributed by atoms with van der Waals surface area (Å²) >= 11 is 0. The number of hydrogen-bond acceptors (Lipinski definition) is 3. The summed E-state index contributed by atoms with van der Waals surface area (Å²) in [5.41, 5.74) is 2.39. The lowest BCUT2D eigenvalue weighted by Gasteiger charge is -2.32. The van der Waals surface area contributed by atoms with Crippen LogP contribution in [0.5, 0.6) is 0 Å². The zero-order chi connectivity index (χ0) is 19.5. The van der Waals surface area contributed by atoms with E-state index in [1.54, 1.807) is 0 Å². The SMILES string of the molecule is CC(C)(C)CC(=O)c1cc(B2OC(C)(C)C(C)(C)O2)cc(C2(C)CC2)c1. The molecule has 2 aliphatic rings. The second-order valence-electron chi connectivity index (χ2n) is 10.7. The third kappa shape index (κ3) is 3.77. The summed E-state index contributed by atoms with van der Waals surface area (Å²) < 4.78 is 12.5. The van der Waals surface area contributed by atoms with Gasteiger partial charge in [-0.1, -0.05) is 39.8 Å². The normalized spacial score (nSPS) is 23.2. The maximum atomic E-state index is 12.9. The fourth-order valence-corrected chi connectivity index (χ4v) is 3.34. The Morgan fingerprint density at radius 1 is 1.00 bits per heavy atom. The van der Waals surface area contributed by atoms with Gasteiger partial charge in [0.1, 0.15) is 0 Å². The molecule has 0 N–H and O–H groups in total. The molecular weight excluding hydrogens is 323 g/mol. The van der Waals surface area contributed by atoms with Crippen molar-refractivity contribution in [2.45, 2.75) is 91.3 Å². The van der Waals surface area contributed by atoms with E-state index in [2.05, 4.69) is 67.5 Å². The minimum absolute atomic E-state index is 0.0267. The third-order valence-corrected chi connectivity index (χ3v) is 6.19. The number of ketones is 1. The van der Waals surface area contributed by atoms with Gasteiger partial charge in [-0.2, -0.15) is 0 Å². The highest BCUT2D eigenvalue weighted by molar-refractivity contribution is 6.62. The quantitative estimate of drug-likeness (QED) is 0.582. The molecule has 0 spiro atoms. The van der Waals surface area contributed by atoms with Crippen LogP contribution in [0, 0.1) is 5.41 Å². The Hall–Kier alpha value is -1.13. The first-order valence-corrected chi connectivity index (χ1v) is 9.77. The summed E-state index contributed by atoms with van der Waals surface area (Å²) in [6.45, 7) is 16.8. The van der Waals surface area contributed by atoms with Gasteiger partial charge in [-0.3, -0.25) is 4.79 Å². The molecule has 3 nitrogen and oxygen atoms in total. The van der Waals surface area contributed by atoms with E-state index >= 15 is 0 Å². The Morgan fingerprint density at radius 2 is 1.54 bits per heavy atom. The van der Waals surface area contributed by atoms with Crippen molar-refractivity contribution >= 4 is 18.4 Å². The molecule has 2 fully saturated rings. The van der Waals surface area contributed by atoms with Crippen LogP contribution in [0.25, 0.3) is 0 Å². The lowest BCUT2D eigenvalue weighted by Crippen LogP contribution is -2.41. The molecule has 26 heavy (non-hydrogen) atoms. The largest absolute Gasteiger partial charge is 0.494 e. The summed E-state index contributed by atoms with van der Waals surface area (Å²) in [7, 11) is -0.427. The summed E-state index contributed by atoms with van der Waals surface area (Å²) in [5.74, 6) is 0.196. The van der Waals surface area contributed by atoms with Gasteiger partial charge >= 0.3 is 7.12 Å². The van der Waals surface area contributed by atoms with Crippen LogP contribution in [0.1, 0.15) is 90.6 Å². The van der Waals surface area contributed by atoms with Crippen LogP contribution in [0.4, 0.5) is 0 Å². The molecule has 1 saturated heterocycles. The average Bonchev–Trinajstić information content (AvgIpc) is 3.18. The molecule has 0 atom stereocenters. The first-order chi connectivity index (χ1) is 11.7. The van der Waals surface area contributed by atoms with Crippen molar-refractivity contribution in [1.29, 1.82) is 0 Å². The zero-order valence-electron chi connectivity index (χ0n) is 17.7. The molecule has 1 aliphatic heterocycles. The van der Waals surface area contributed by atoms with E-state index in [0.29, 0.717) is 6.42 Å². The predicted molar refractivity (Wildman–Crippen MR) is 107 cm³/mol. The lowest BCUT2D eigenvalue weighted by atomic mass is 9.75. The molecule has 1 heterocycles. The van der Waals surface area contributed by atoms with Crippen molar-refractivity contribution in [3.05, 3.63) is 29.3 Å². The Bertz CT molecular complexity index is 707. The molecule has 0 radical (unpaired) electrons. The second kappa shape index (κ2) is 5.94. The Labute approximate surface area is 159 Å². The fourth-order valence-electron chi connectivity index (χ4n) is 3.34. The Balaban J connectivity index is 1.98. The molecule has 3 rings (SSSR count). The average molecular weight is 356 g/mol. The predicted octanol–water partition coefficient (Wildman–Crippen LogP) is 4.66. The molecule has 1 aromatic carbocycles. The van der Waals surface area contributed by atoms with Crippen molar-refractivity contribution < 1.29 is 14.1 Å². The standard InChI is InChI=1S/C22H33BO3/c1-19(2,3)14-18(24)15-11-16(22(8)9-10-22)13-17(12-15)23-25-20(4,5)21(6,7)26-23/h11-13H,9-10,14H2,1-8H3. The summed E-state index contributed by atoms with van der Waals surface area (Å²) in [4.78, 5) is 12.9. The highest BCUT2D eigenvalue weighted by atomic mass is 16.7.